The highest BCUT2D eigenvalue weighted by molar-refractivity contribution is 7.89. The van der Waals surface area contributed by atoms with Gasteiger partial charge in [0.25, 0.3) is 0 Å². The predicted octanol–water partition coefficient (Wildman–Crippen LogP) is 1.17. The molecule has 1 saturated heterocycles. The van der Waals surface area contributed by atoms with Crippen LogP contribution in [0, 0.1) is 4.77 Å². The molecular weight excluding hydrogens is 442 g/mol. The maximum absolute atomic E-state index is 12.3. The maximum Gasteiger partial charge on any atom is 0.221 e. The molecule has 0 bridgehead atoms. The largest absolute Gasteiger partial charge is 0.494 e. The van der Waals surface area contributed by atoms with Gasteiger partial charge in [-0.3, -0.25) is 14.5 Å². The lowest BCUT2D eigenvalue weighted by molar-refractivity contribution is -0.121. The van der Waals surface area contributed by atoms with E-state index >= 15 is 0 Å². The Labute approximate surface area is 186 Å². The van der Waals surface area contributed by atoms with E-state index in [2.05, 4.69) is 15.5 Å². The van der Waals surface area contributed by atoms with Crippen LogP contribution in [0.2, 0.25) is 0 Å². The first kappa shape index (κ1) is 23.4. The number of carbonyl (C=O) groups is 1. The minimum Gasteiger partial charge on any atom is -0.494 e. The quantitative estimate of drug-likeness (QED) is 0.502. The Balaban J connectivity index is 1.52. The highest BCUT2D eigenvalue weighted by Crippen LogP contribution is 2.21. The fourth-order valence-corrected chi connectivity index (χ4v) is 4.73. The van der Waals surface area contributed by atoms with Gasteiger partial charge in [-0.25, -0.2) is 8.42 Å². The van der Waals surface area contributed by atoms with Crippen LogP contribution in [0.5, 0.6) is 5.75 Å². The summed E-state index contributed by atoms with van der Waals surface area (Å²) in [6, 6.07) is 7.46. The van der Waals surface area contributed by atoms with Gasteiger partial charge in [0, 0.05) is 38.2 Å². The summed E-state index contributed by atoms with van der Waals surface area (Å²) < 4.78 is 38.8. The van der Waals surface area contributed by atoms with E-state index in [1.165, 1.54) is 4.31 Å². The topological polar surface area (TPSA) is 119 Å². The first-order valence-corrected chi connectivity index (χ1v) is 12.1. The molecule has 2 N–H and O–H groups in total. The van der Waals surface area contributed by atoms with Crippen molar-refractivity contribution in [2.45, 2.75) is 19.9 Å². The van der Waals surface area contributed by atoms with E-state index in [0.29, 0.717) is 50.1 Å². The van der Waals surface area contributed by atoms with Crippen molar-refractivity contribution >= 4 is 28.1 Å². The van der Waals surface area contributed by atoms with Crippen molar-refractivity contribution in [1.29, 1.82) is 0 Å². The Bertz CT molecular complexity index is 1030. The summed E-state index contributed by atoms with van der Waals surface area (Å²) in [6.07, 6.45) is 0.148. The molecule has 1 aliphatic heterocycles. The molecule has 0 saturated carbocycles. The molecule has 1 aromatic heterocycles. The molecule has 2 aromatic rings. The Hall–Kier alpha value is -2.28. The van der Waals surface area contributed by atoms with Gasteiger partial charge in [0.2, 0.25) is 15.9 Å². The molecule has 0 atom stereocenters. The molecule has 31 heavy (non-hydrogen) atoms. The van der Waals surface area contributed by atoms with Crippen LogP contribution in [0.15, 0.2) is 24.3 Å². The van der Waals surface area contributed by atoms with Crippen LogP contribution < -0.4 is 10.1 Å². The predicted molar refractivity (Wildman–Crippen MR) is 118 cm³/mol. The van der Waals surface area contributed by atoms with Crippen LogP contribution in [0.3, 0.4) is 0 Å². The van der Waals surface area contributed by atoms with Gasteiger partial charge in [0.05, 0.1) is 25.6 Å². The summed E-state index contributed by atoms with van der Waals surface area (Å²) in [4.78, 5) is 12.2. The maximum atomic E-state index is 12.3. The summed E-state index contributed by atoms with van der Waals surface area (Å²) in [7, 11) is -3.40. The number of sulfonamides is 1. The molecule has 0 unspecified atom stereocenters. The number of nitrogens with one attached hydrogen (secondary N) is 2. The van der Waals surface area contributed by atoms with Gasteiger partial charge in [-0.15, -0.1) is 0 Å². The zero-order chi connectivity index (χ0) is 22.3. The zero-order valence-electron chi connectivity index (χ0n) is 17.4. The highest BCUT2D eigenvalue weighted by Gasteiger charge is 2.24. The number of rotatable bonds is 10. The van der Waals surface area contributed by atoms with Crippen LogP contribution in [0.25, 0.3) is 11.4 Å². The summed E-state index contributed by atoms with van der Waals surface area (Å²) in [5.74, 6) is 0.994. The molecule has 12 heteroatoms. The summed E-state index contributed by atoms with van der Waals surface area (Å²) in [5, 5.41) is 9.69. The Kier molecular flexibility index (Phi) is 8.18. The Morgan fingerprint density at radius 1 is 1.29 bits per heavy atom. The molecule has 0 radical (unpaired) electrons. The number of hydrogen-bond donors (Lipinski definition) is 2. The lowest BCUT2D eigenvalue weighted by atomic mass is 10.2. The van der Waals surface area contributed by atoms with Crippen molar-refractivity contribution in [1.82, 2.24) is 24.4 Å². The minimum absolute atomic E-state index is 0.0566. The molecule has 170 valence electrons. The molecule has 1 fully saturated rings. The zero-order valence-corrected chi connectivity index (χ0v) is 19.0. The lowest BCUT2D eigenvalue weighted by Gasteiger charge is -2.26. The van der Waals surface area contributed by atoms with Gasteiger partial charge < -0.3 is 14.8 Å². The van der Waals surface area contributed by atoms with Crippen LogP contribution in [0.1, 0.15) is 13.3 Å². The molecule has 10 nitrogen and oxygen atoms in total. The van der Waals surface area contributed by atoms with Crippen molar-refractivity contribution in [2.75, 3.05) is 45.2 Å². The average Bonchev–Trinajstić information content (AvgIpc) is 3.14. The number of benzene rings is 1. The molecule has 0 spiro atoms. The van der Waals surface area contributed by atoms with Crippen LogP contribution >= 0.6 is 12.2 Å². The second-order valence-electron chi connectivity index (χ2n) is 6.89. The number of ether oxygens (including phenoxy) is 2. The second-order valence-corrected chi connectivity index (χ2v) is 9.36. The molecule has 1 aliphatic rings. The smallest absolute Gasteiger partial charge is 0.221 e. The van der Waals surface area contributed by atoms with E-state index in [0.717, 1.165) is 11.3 Å². The van der Waals surface area contributed by atoms with Crippen molar-refractivity contribution in [2.24, 2.45) is 0 Å². The third-order valence-electron chi connectivity index (χ3n) is 4.79. The molecular formula is C19H27N5O5S2. The number of H-pyrrole nitrogens is 1. The third kappa shape index (κ3) is 6.35. The van der Waals surface area contributed by atoms with E-state index in [1.807, 2.05) is 31.2 Å². The van der Waals surface area contributed by atoms with Gasteiger partial charge in [-0.1, -0.05) is 0 Å². The van der Waals surface area contributed by atoms with Crippen LogP contribution in [0.4, 0.5) is 0 Å². The molecule has 1 aromatic carbocycles. The van der Waals surface area contributed by atoms with Gasteiger partial charge in [-0.2, -0.15) is 9.40 Å². The van der Waals surface area contributed by atoms with Gasteiger partial charge >= 0.3 is 0 Å². The number of aromatic amines is 1. The molecule has 0 aliphatic carbocycles. The number of aromatic nitrogens is 3. The first-order chi connectivity index (χ1) is 14.9. The molecule has 1 amide bonds. The SMILES string of the molecule is CCOc1ccc(-c2n[nH]c(=S)n2CCC(=O)NCCS(=O)(=O)N2CCOCC2)cc1. The lowest BCUT2D eigenvalue weighted by Crippen LogP contribution is -2.43. The number of carbonyl (C=O) groups excluding carboxylic acids is 1. The van der Waals surface area contributed by atoms with Crippen molar-refractivity contribution in [3.05, 3.63) is 29.0 Å². The molecule has 2 heterocycles. The van der Waals surface area contributed by atoms with Crippen LogP contribution in [-0.2, 0) is 26.1 Å². The van der Waals surface area contributed by atoms with E-state index < -0.39 is 10.0 Å². The van der Waals surface area contributed by atoms with E-state index in [4.69, 9.17) is 21.7 Å². The Morgan fingerprint density at radius 3 is 2.68 bits per heavy atom. The van der Waals surface area contributed by atoms with Crippen molar-refractivity contribution < 1.29 is 22.7 Å². The van der Waals surface area contributed by atoms with Crippen LogP contribution in [-0.4, -0.2) is 78.6 Å². The fourth-order valence-electron chi connectivity index (χ4n) is 3.19. The van der Waals surface area contributed by atoms with Gasteiger partial charge in [0.1, 0.15) is 5.75 Å². The number of hydrogen-bond acceptors (Lipinski definition) is 7. The summed E-state index contributed by atoms with van der Waals surface area (Å²) in [5.41, 5.74) is 0.841. The van der Waals surface area contributed by atoms with Gasteiger partial charge in [-0.05, 0) is 43.4 Å². The van der Waals surface area contributed by atoms with Gasteiger partial charge in [0.15, 0.2) is 10.6 Å². The van der Waals surface area contributed by atoms with Crippen molar-refractivity contribution in [3.63, 3.8) is 0 Å². The fraction of sp³-hybridized carbons (Fsp3) is 0.526. The number of amides is 1. The second kappa shape index (κ2) is 10.8. The van der Waals surface area contributed by atoms with E-state index in [9.17, 15) is 13.2 Å². The first-order valence-electron chi connectivity index (χ1n) is 10.1. The normalized spacial score (nSPS) is 15.0. The van der Waals surface area contributed by atoms with Crippen molar-refractivity contribution in [3.8, 4) is 17.1 Å². The monoisotopic (exact) mass is 469 g/mol. The summed E-state index contributed by atoms with van der Waals surface area (Å²) >= 11 is 5.29. The number of nitrogens with zero attached hydrogens (tertiary/aromatic N) is 3. The van der Waals surface area contributed by atoms with E-state index in [-0.39, 0.29) is 24.6 Å². The minimum atomic E-state index is -3.40. The highest BCUT2D eigenvalue weighted by atomic mass is 32.2. The standard InChI is InChI=1S/C19H27N5O5S2/c1-2-29-16-5-3-15(4-6-16)18-21-22-19(30)24(18)9-7-17(25)20-8-14-31(26,27)23-10-12-28-13-11-23/h3-6H,2,7-14H2,1H3,(H,20,25)(H,22,30). The third-order valence-corrected chi connectivity index (χ3v) is 6.97. The number of morpholine rings is 1. The van der Waals surface area contributed by atoms with E-state index in [1.54, 1.807) is 4.57 Å². The summed E-state index contributed by atoms with van der Waals surface area (Å²) in [6.45, 7) is 4.37. The molecule has 3 rings (SSSR count). The average molecular weight is 470 g/mol. The Morgan fingerprint density at radius 2 is 2.00 bits per heavy atom.